The number of carbonyl (C=O) groups excluding carboxylic acids is 2. The lowest BCUT2D eigenvalue weighted by Crippen LogP contribution is -2.13. The van der Waals surface area contributed by atoms with Crippen molar-refractivity contribution >= 4 is 17.4 Å². The van der Waals surface area contributed by atoms with Crippen LogP contribution >= 0.6 is 0 Å². The first-order chi connectivity index (χ1) is 8.97. The third-order valence-electron chi connectivity index (χ3n) is 2.98. The lowest BCUT2D eigenvalue weighted by molar-refractivity contribution is 0.101. The van der Waals surface area contributed by atoms with Crippen LogP contribution in [0.15, 0.2) is 30.5 Å². The minimum Gasteiger partial charge on any atom is -0.356 e. The summed E-state index contributed by atoms with van der Waals surface area (Å²) in [5.74, 6) is -0.316. The molecule has 0 aliphatic rings. The van der Waals surface area contributed by atoms with Crippen molar-refractivity contribution in [3.63, 3.8) is 0 Å². The van der Waals surface area contributed by atoms with Crippen LogP contribution in [0.5, 0.6) is 0 Å². The van der Waals surface area contributed by atoms with Gasteiger partial charge >= 0.3 is 0 Å². The van der Waals surface area contributed by atoms with E-state index in [1.54, 1.807) is 12.3 Å². The van der Waals surface area contributed by atoms with E-state index in [4.69, 9.17) is 0 Å². The van der Waals surface area contributed by atoms with Gasteiger partial charge in [0, 0.05) is 17.4 Å². The van der Waals surface area contributed by atoms with Crippen molar-refractivity contribution in [2.75, 3.05) is 5.32 Å². The molecule has 0 fully saturated rings. The highest BCUT2D eigenvalue weighted by molar-refractivity contribution is 6.05. The number of anilines is 1. The molecule has 2 aromatic rings. The van der Waals surface area contributed by atoms with Crippen molar-refractivity contribution in [3.05, 3.63) is 52.8 Å². The number of amides is 1. The highest BCUT2D eigenvalue weighted by atomic mass is 16.2. The van der Waals surface area contributed by atoms with Crippen LogP contribution < -0.4 is 5.32 Å². The lowest BCUT2D eigenvalue weighted by Gasteiger charge is -2.08. The maximum atomic E-state index is 12.1. The van der Waals surface area contributed by atoms with Crippen molar-refractivity contribution in [3.8, 4) is 0 Å². The molecule has 98 valence electrons. The van der Waals surface area contributed by atoms with E-state index < -0.39 is 0 Å². The molecule has 0 aliphatic carbocycles. The van der Waals surface area contributed by atoms with Gasteiger partial charge in [-0.05, 0) is 44.0 Å². The summed E-state index contributed by atoms with van der Waals surface area (Å²) in [4.78, 5) is 26.1. The molecule has 0 radical (unpaired) electrons. The van der Waals surface area contributed by atoms with Gasteiger partial charge in [-0.15, -0.1) is 0 Å². The van der Waals surface area contributed by atoms with Crippen LogP contribution in [0.4, 0.5) is 5.69 Å². The van der Waals surface area contributed by atoms with Gasteiger partial charge in [0.15, 0.2) is 5.78 Å². The summed E-state index contributed by atoms with van der Waals surface area (Å²) in [6.07, 6.45) is 1.54. The van der Waals surface area contributed by atoms with E-state index in [1.807, 2.05) is 32.0 Å². The molecular formula is C15H16N2O2. The first-order valence-corrected chi connectivity index (χ1v) is 6.05. The van der Waals surface area contributed by atoms with Crippen molar-refractivity contribution in [2.24, 2.45) is 0 Å². The predicted molar refractivity (Wildman–Crippen MR) is 74.7 cm³/mol. The number of Topliss-reactive ketones (excluding diaryl/α,β-unsaturated/α-hetero) is 1. The molecule has 4 heteroatoms. The fourth-order valence-electron chi connectivity index (χ4n) is 1.79. The van der Waals surface area contributed by atoms with E-state index in [2.05, 4.69) is 10.3 Å². The second kappa shape index (κ2) is 5.10. The Kier molecular flexibility index (Phi) is 3.51. The van der Waals surface area contributed by atoms with Crippen LogP contribution in [0.1, 0.15) is 38.9 Å². The standard InChI is InChI=1S/C15H16N2O2/c1-9-4-5-10(2)13(6-9)17-15(19)14-7-12(8-16-14)11(3)18/h4-8,16H,1-3H3,(H,17,19). The van der Waals surface area contributed by atoms with E-state index in [-0.39, 0.29) is 11.7 Å². The maximum absolute atomic E-state index is 12.1. The van der Waals surface area contributed by atoms with Gasteiger partial charge in [-0.1, -0.05) is 12.1 Å². The Hall–Kier alpha value is -2.36. The second-order valence-corrected chi connectivity index (χ2v) is 4.63. The predicted octanol–water partition coefficient (Wildman–Crippen LogP) is 3.09. The SMILES string of the molecule is CC(=O)c1c[nH]c(C(=O)Nc2cc(C)ccc2C)c1. The Morgan fingerprint density at radius 3 is 2.53 bits per heavy atom. The fourth-order valence-corrected chi connectivity index (χ4v) is 1.79. The number of hydrogen-bond acceptors (Lipinski definition) is 2. The number of benzene rings is 1. The zero-order valence-corrected chi connectivity index (χ0v) is 11.2. The zero-order valence-electron chi connectivity index (χ0n) is 11.2. The van der Waals surface area contributed by atoms with Crippen LogP contribution in [-0.4, -0.2) is 16.7 Å². The highest BCUT2D eigenvalue weighted by Crippen LogP contribution is 2.17. The second-order valence-electron chi connectivity index (χ2n) is 4.63. The number of aromatic nitrogens is 1. The van der Waals surface area contributed by atoms with Gasteiger partial charge < -0.3 is 10.3 Å². The molecule has 0 aliphatic heterocycles. The van der Waals surface area contributed by atoms with Crippen molar-refractivity contribution in [2.45, 2.75) is 20.8 Å². The van der Waals surface area contributed by atoms with Crippen molar-refractivity contribution < 1.29 is 9.59 Å². The van der Waals surface area contributed by atoms with Gasteiger partial charge in [-0.2, -0.15) is 0 Å². The summed E-state index contributed by atoms with van der Waals surface area (Å²) >= 11 is 0. The Morgan fingerprint density at radius 2 is 1.89 bits per heavy atom. The van der Waals surface area contributed by atoms with E-state index >= 15 is 0 Å². The molecule has 0 unspecified atom stereocenters. The van der Waals surface area contributed by atoms with E-state index in [0.29, 0.717) is 11.3 Å². The lowest BCUT2D eigenvalue weighted by atomic mass is 10.1. The van der Waals surface area contributed by atoms with E-state index in [9.17, 15) is 9.59 Å². The molecule has 0 saturated heterocycles. The van der Waals surface area contributed by atoms with Gasteiger partial charge in [-0.3, -0.25) is 9.59 Å². The number of nitrogens with one attached hydrogen (secondary N) is 2. The molecule has 19 heavy (non-hydrogen) atoms. The summed E-state index contributed by atoms with van der Waals surface area (Å²) in [5.41, 5.74) is 3.75. The zero-order chi connectivity index (χ0) is 14.0. The van der Waals surface area contributed by atoms with Crippen LogP contribution in [0, 0.1) is 13.8 Å². The first kappa shape index (κ1) is 13.1. The summed E-state index contributed by atoms with van der Waals surface area (Å²) < 4.78 is 0. The molecule has 0 spiro atoms. The topological polar surface area (TPSA) is 62.0 Å². The summed E-state index contributed by atoms with van der Waals surface area (Å²) in [5, 5.41) is 2.84. The molecule has 0 saturated carbocycles. The van der Waals surface area contributed by atoms with Crippen LogP contribution in [0.3, 0.4) is 0 Å². The third-order valence-corrected chi connectivity index (χ3v) is 2.98. The maximum Gasteiger partial charge on any atom is 0.272 e. The quantitative estimate of drug-likeness (QED) is 0.829. The normalized spacial score (nSPS) is 10.3. The number of rotatable bonds is 3. The van der Waals surface area contributed by atoms with Gasteiger partial charge in [0.25, 0.3) is 5.91 Å². The minimum atomic E-state index is -0.249. The van der Waals surface area contributed by atoms with Crippen LogP contribution in [0.25, 0.3) is 0 Å². The molecule has 0 bridgehead atoms. The molecule has 1 aromatic carbocycles. The smallest absolute Gasteiger partial charge is 0.272 e. The number of hydrogen-bond donors (Lipinski definition) is 2. The molecule has 0 atom stereocenters. The minimum absolute atomic E-state index is 0.0676. The average Bonchev–Trinajstić information content (AvgIpc) is 2.83. The van der Waals surface area contributed by atoms with Gasteiger partial charge in [-0.25, -0.2) is 0 Å². The van der Waals surface area contributed by atoms with E-state index in [0.717, 1.165) is 16.8 Å². The van der Waals surface area contributed by atoms with Crippen molar-refractivity contribution in [1.82, 2.24) is 4.98 Å². The first-order valence-electron chi connectivity index (χ1n) is 6.05. The van der Waals surface area contributed by atoms with Crippen LogP contribution in [0.2, 0.25) is 0 Å². The molecule has 1 aromatic heterocycles. The van der Waals surface area contributed by atoms with E-state index in [1.165, 1.54) is 6.92 Å². The highest BCUT2D eigenvalue weighted by Gasteiger charge is 2.11. The molecule has 1 heterocycles. The Morgan fingerprint density at radius 1 is 1.16 bits per heavy atom. The van der Waals surface area contributed by atoms with Gasteiger partial charge in [0.2, 0.25) is 0 Å². The molecule has 4 nitrogen and oxygen atoms in total. The third kappa shape index (κ3) is 2.91. The van der Waals surface area contributed by atoms with Crippen molar-refractivity contribution in [1.29, 1.82) is 0 Å². The monoisotopic (exact) mass is 256 g/mol. The number of carbonyl (C=O) groups is 2. The van der Waals surface area contributed by atoms with Gasteiger partial charge in [0.05, 0.1) is 0 Å². The van der Waals surface area contributed by atoms with Crippen LogP contribution in [-0.2, 0) is 0 Å². The molecule has 1 amide bonds. The number of aryl methyl sites for hydroxylation is 2. The molecule has 2 N–H and O–H groups in total. The largest absolute Gasteiger partial charge is 0.356 e. The number of ketones is 1. The summed E-state index contributed by atoms with van der Waals surface area (Å²) in [7, 11) is 0. The summed E-state index contributed by atoms with van der Waals surface area (Å²) in [6.45, 7) is 5.37. The Bertz CT molecular complexity index is 641. The van der Waals surface area contributed by atoms with Gasteiger partial charge in [0.1, 0.15) is 5.69 Å². The number of aromatic amines is 1. The fraction of sp³-hybridized carbons (Fsp3) is 0.200. The molecule has 2 rings (SSSR count). The molecular weight excluding hydrogens is 240 g/mol. The summed E-state index contributed by atoms with van der Waals surface area (Å²) in [6, 6.07) is 7.43. The average molecular weight is 256 g/mol. The Labute approximate surface area is 111 Å². The Balaban J connectivity index is 2.20. The number of H-pyrrole nitrogens is 1.